The Morgan fingerprint density at radius 3 is 2.00 bits per heavy atom. The van der Waals surface area contributed by atoms with E-state index in [9.17, 15) is 0 Å². The van der Waals surface area contributed by atoms with Gasteiger partial charge in [0.05, 0.1) is 22.5 Å². The summed E-state index contributed by atoms with van der Waals surface area (Å²) in [4.78, 5) is 8.69. The van der Waals surface area contributed by atoms with Crippen molar-refractivity contribution in [1.82, 2.24) is 18.8 Å². The molecule has 6 nitrogen and oxygen atoms in total. The molecular weight excluding hydrogens is 455 g/mol. The Balaban J connectivity index is 0.000000179. The van der Waals surface area contributed by atoms with Crippen molar-refractivity contribution in [3.05, 3.63) is 65.3 Å². The summed E-state index contributed by atoms with van der Waals surface area (Å²) < 4.78 is 17.1. The van der Waals surface area contributed by atoms with Crippen molar-refractivity contribution in [1.29, 1.82) is 0 Å². The first-order valence-electron chi connectivity index (χ1n) is 10.6. The van der Waals surface area contributed by atoms with Gasteiger partial charge in [0.2, 0.25) is 0 Å². The van der Waals surface area contributed by atoms with E-state index in [-0.39, 0.29) is 18.3 Å². The summed E-state index contributed by atoms with van der Waals surface area (Å²) >= 11 is 3.45. The zero-order chi connectivity index (χ0) is 22.8. The number of rotatable bonds is 1. The van der Waals surface area contributed by atoms with Crippen molar-refractivity contribution >= 4 is 39.9 Å². The summed E-state index contributed by atoms with van der Waals surface area (Å²) in [7, 11) is -0.368. The third-order valence-electron chi connectivity index (χ3n) is 5.57. The van der Waals surface area contributed by atoms with Crippen molar-refractivity contribution in [3.8, 4) is 0 Å². The molecule has 31 heavy (non-hydrogen) atoms. The Morgan fingerprint density at radius 1 is 0.871 bits per heavy atom. The van der Waals surface area contributed by atoms with E-state index in [2.05, 4.69) is 53.6 Å². The zero-order valence-corrected chi connectivity index (χ0v) is 20.8. The molecule has 8 heteroatoms. The van der Waals surface area contributed by atoms with Crippen LogP contribution < -0.4 is 5.59 Å². The predicted molar refractivity (Wildman–Crippen MR) is 130 cm³/mol. The molecule has 1 aliphatic heterocycles. The lowest BCUT2D eigenvalue weighted by Gasteiger charge is -2.32. The molecule has 0 N–H and O–H groups in total. The second-order valence-corrected chi connectivity index (χ2v) is 8.87. The standard InChI is InChI=1S/C13H17BN2O2.C8H7BrN2.C2H6/c1-12(2)13(3,4)18-14(17-12)10-9-15-11-7-5-6-8-16(10)11;1-6-8(9)11-5-3-2-4-7(11)10-6;1-2/h5-9H,1-4H3;2-5H,1H3;1-2H3. The van der Waals surface area contributed by atoms with Crippen LogP contribution in [0.5, 0.6) is 0 Å². The highest BCUT2D eigenvalue weighted by Gasteiger charge is 2.52. The van der Waals surface area contributed by atoms with Crippen LogP contribution in [0.2, 0.25) is 0 Å². The molecule has 0 aliphatic carbocycles. The number of aryl methyl sites for hydroxylation is 1. The predicted octanol–water partition coefficient (Wildman–Crippen LogP) is 5.06. The maximum absolute atomic E-state index is 6.03. The van der Waals surface area contributed by atoms with E-state index in [0.29, 0.717) is 0 Å². The van der Waals surface area contributed by atoms with Gasteiger partial charge in [-0.1, -0.05) is 26.0 Å². The number of halogens is 1. The van der Waals surface area contributed by atoms with E-state index in [4.69, 9.17) is 9.31 Å². The Morgan fingerprint density at radius 2 is 1.42 bits per heavy atom. The number of pyridine rings is 2. The fourth-order valence-corrected chi connectivity index (χ4v) is 3.56. The van der Waals surface area contributed by atoms with Gasteiger partial charge in [0, 0.05) is 18.6 Å². The molecule has 4 aromatic heterocycles. The van der Waals surface area contributed by atoms with Gasteiger partial charge in [-0.05, 0) is 74.8 Å². The van der Waals surface area contributed by atoms with E-state index >= 15 is 0 Å². The van der Waals surface area contributed by atoms with Crippen molar-refractivity contribution in [2.75, 3.05) is 0 Å². The molecule has 0 amide bonds. The first-order valence-corrected chi connectivity index (χ1v) is 11.4. The molecule has 0 atom stereocenters. The van der Waals surface area contributed by atoms with Gasteiger partial charge >= 0.3 is 7.12 Å². The third kappa shape index (κ3) is 4.56. The van der Waals surface area contributed by atoms with Crippen LogP contribution in [0.15, 0.2) is 59.6 Å². The first-order chi connectivity index (χ1) is 14.7. The lowest BCUT2D eigenvalue weighted by molar-refractivity contribution is 0.00578. The van der Waals surface area contributed by atoms with Crippen LogP contribution >= 0.6 is 15.9 Å². The SMILES string of the molecule is CC.CC1(C)OB(c2cnc3ccccn23)OC1(C)C.Cc1nc2ccccn2c1Br. The van der Waals surface area contributed by atoms with E-state index in [1.807, 2.05) is 84.6 Å². The molecule has 1 saturated heterocycles. The van der Waals surface area contributed by atoms with Crippen LogP contribution in [0.4, 0.5) is 0 Å². The van der Waals surface area contributed by atoms with Crippen LogP contribution in [0, 0.1) is 6.92 Å². The molecule has 0 spiro atoms. The van der Waals surface area contributed by atoms with Gasteiger partial charge in [-0.15, -0.1) is 0 Å². The van der Waals surface area contributed by atoms with Gasteiger partial charge in [0.25, 0.3) is 0 Å². The quantitative estimate of drug-likeness (QED) is 0.354. The summed E-state index contributed by atoms with van der Waals surface area (Å²) in [6, 6.07) is 11.9. The topological polar surface area (TPSA) is 53.1 Å². The summed E-state index contributed by atoms with van der Waals surface area (Å²) in [6.45, 7) is 14.2. The van der Waals surface area contributed by atoms with E-state index in [0.717, 1.165) is 27.2 Å². The molecule has 1 fully saturated rings. The van der Waals surface area contributed by atoms with Gasteiger partial charge in [0.1, 0.15) is 15.9 Å². The van der Waals surface area contributed by atoms with Crippen molar-refractivity contribution < 1.29 is 9.31 Å². The van der Waals surface area contributed by atoms with Crippen LogP contribution in [-0.2, 0) is 9.31 Å². The van der Waals surface area contributed by atoms with Crippen molar-refractivity contribution in [2.45, 2.75) is 59.7 Å². The summed E-state index contributed by atoms with van der Waals surface area (Å²) in [5.41, 5.74) is 3.20. The molecule has 0 aromatic carbocycles. The van der Waals surface area contributed by atoms with Gasteiger partial charge in [0.15, 0.2) is 0 Å². The molecular formula is C23H30BBrN4O2. The van der Waals surface area contributed by atoms with E-state index < -0.39 is 0 Å². The highest BCUT2D eigenvalue weighted by molar-refractivity contribution is 9.10. The summed E-state index contributed by atoms with van der Waals surface area (Å²) in [6.07, 6.45) is 5.78. The van der Waals surface area contributed by atoms with E-state index in [1.54, 1.807) is 0 Å². The smallest absolute Gasteiger partial charge is 0.398 e. The lowest BCUT2D eigenvalue weighted by Crippen LogP contribution is -2.41. The molecule has 164 valence electrons. The van der Waals surface area contributed by atoms with Gasteiger partial charge in [-0.25, -0.2) is 9.97 Å². The van der Waals surface area contributed by atoms with Crippen molar-refractivity contribution in [3.63, 3.8) is 0 Å². The summed E-state index contributed by atoms with van der Waals surface area (Å²) in [5, 5.41) is 0. The average Bonchev–Trinajstić information content (AvgIpc) is 3.36. The highest BCUT2D eigenvalue weighted by Crippen LogP contribution is 2.36. The fraction of sp³-hybridized carbons (Fsp3) is 0.391. The van der Waals surface area contributed by atoms with E-state index in [1.165, 1.54) is 0 Å². The second-order valence-electron chi connectivity index (χ2n) is 8.12. The monoisotopic (exact) mass is 484 g/mol. The highest BCUT2D eigenvalue weighted by atomic mass is 79.9. The normalized spacial score (nSPS) is 16.6. The number of hydrogen-bond donors (Lipinski definition) is 0. The van der Waals surface area contributed by atoms with Crippen molar-refractivity contribution in [2.24, 2.45) is 0 Å². The molecule has 4 aromatic rings. The second kappa shape index (κ2) is 9.14. The van der Waals surface area contributed by atoms with Crippen LogP contribution in [0.3, 0.4) is 0 Å². The fourth-order valence-electron chi connectivity index (χ4n) is 3.17. The Bertz CT molecular complexity index is 1150. The molecule has 0 bridgehead atoms. The zero-order valence-electron chi connectivity index (χ0n) is 19.3. The Kier molecular flexibility index (Phi) is 6.93. The minimum Gasteiger partial charge on any atom is -0.398 e. The molecule has 0 saturated carbocycles. The Hall–Kier alpha value is -2.16. The van der Waals surface area contributed by atoms with Gasteiger partial charge < -0.3 is 13.7 Å². The van der Waals surface area contributed by atoms with Crippen LogP contribution in [0.1, 0.15) is 47.2 Å². The molecule has 5 rings (SSSR count). The minimum atomic E-state index is -0.368. The third-order valence-corrected chi connectivity index (χ3v) is 6.53. The summed E-state index contributed by atoms with van der Waals surface area (Å²) in [5.74, 6) is 0. The molecule has 0 unspecified atom stereocenters. The molecule has 0 radical (unpaired) electrons. The van der Waals surface area contributed by atoms with Crippen LogP contribution in [0.25, 0.3) is 11.3 Å². The number of imidazole rings is 2. The first kappa shape index (κ1) is 23.5. The Labute approximate surface area is 192 Å². The minimum absolute atomic E-state index is 0.323. The molecule has 1 aliphatic rings. The van der Waals surface area contributed by atoms with Gasteiger partial charge in [-0.3, -0.25) is 4.40 Å². The van der Waals surface area contributed by atoms with Crippen LogP contribution in [-0.4, -0.2) is 37.1 Å². The maximum atomic E-state index is 6.03. The molecule has 5 heterocycles. The van der Waals surface area contributed by atoms with Gasteiger partial charge in [-0.2, -0.15) is 0 Å². The number of fused-ring (bicyclic) bond motifs is 2. The number of aromatic nitrogens is 4. The maximum Gasteiger partial charge on any atom is 0.514 e. The largest absolute Gasteiger partial charge is 0.514 e. The average molecular weight is 485 g/mol. The number of nitrogens with zero attached hydrogens (tertiary/aromatic N) is 4. The lowest BCUT2D eigenvalue weighted by atomic mass is 9.85. The number of hydrogen-bond acceptors (Lipinski definition) is 4.